The molecule has 2 rings (SSSR count). The van der Waals surface area contributed by atoms with Gasteiger partial charge in [0.05, 0.1) is 0 Å². The topological polar surface area (TPSA) is 26.0 Å². The van der Waals surface area contributed by atoms with Gasteiger partial charge in [-0.2, -0.15) is 0 Å². The van der Waals surface area contributed by atoms with Gasteiger partial charge in [0.15, 0.2) is 0 Å². The van der Waals surface area contributed by atoms with E-state index >= 15 is 0 Å². The van der Waals surface area contributed by atoms with Crippen molar-refractivity contribution in [3.8, 4) is 0 Å². The number of halogens is 2. The highest BCUT2D eigenvalue weighted by Gasteiger charge is 2.69. The lowest BCUT2D eigenvalue weighted by atomic mass is 9.98. The van der Waals surface area contributed by atoms with E-state index in [9.17, 15) is 8.78 Å². The molecule has 1 aliphatic carbocycles. The third kappa shape index (κ3) is 1.55. The molecule has 0 spiro atoms. The van der Waals surface area contributed by atoms with E-state index in [2.05, 4.69) is 13.8 Å². The fraction of sp³-hybridized carbons (Fsp3) is 0.500. The van der Waals surface area contributed by atoms with E-state index in [-0.39, 0.29) is 6.42 Å². The highest BCUT2D eigenvalue weighted by atomic mass is 19.3. The predicted molar refractivity (Wildman–Crippen MR) is 56.0 cm³/mol. The van der Waals surface area contributed by atoms with Gasteiger partial charge in [0, 0.05) is 6.42 Å². The van der Waals surface area contributed by atoms with Crippen LogP contribution in [0.2, 0.25) is 0 Å². The minimum atomic E-state index is -2.73. The van der Waals surface area contributed by atoms with Gasteiger partial charge >= 0.3 is 0 Å². The van der Waals surface area contributed by atoms with Gasteiger partial charge in [-0.05, 0) is 17.0 Å². The van der Waals surface area contributed by atoms with E-state index in [4.69, 9.17) is 5.73 Å². The van der Waals surface area contributed by atoms with Crippen LogP contribution in [0.15, 0.2) is 24.3 Å². The highest BCUT2D eigenvalue weighted by molar-refractivity contribution is 5.37. The van der Waals surface area contributed by atoms with Gasteiger partial charge in [0.2, 0.25) is 0 Å². The van der Waals surface area contributed by atoms with Crippen LogP contribution in [0, 0.1) is 0 Å². The molecule has 0 bridgehead atoms. The molecule has 0 heterocycles. The molecule has 1 unspecified atom stereocenters. The first-order chi connectivity index (χ1) is 6.87. The van der Waals surface area contributed by atoms with Crippen molar-refractivity contribution in [1.82, 2.24) is 0 Å². The summed E-state index contributed by atoms with van der Waals surface area (Å²) in [6, 6.07) is 7.19. The average molecular weight is 211 g/mol. The molecule has 1 aromatic rings. The van der Waals surface area contributed by atoms with Crippen LogP contribution in [-0.4, -0.2) is 5.92 Å². The molecule has 1 fully saturated rings. The molecular formula is C12H15F2N. The summed E-state index contributed by atoms with van der Waals surface area (Å²) in [5, 5.41) is 0. The third-order valence-corrected chi connectivity index (χ3v) is 3.12. The highest BCUT2D eigenvalue weighted by Crippen LogP contribution is 2.57. The van der Waals surface area contributed by atoms with Gasteiger partial charge in [-0.1, -0.05) is 38.1 Å². The molecule has 15 heavy (non-hydrogen) atoms. The maximum absolute atomic E-state index is 13.0. The van der Waals surface area contributed by atoms with Crippen LogP contribution in [0.3, 0.4) is 0 Å². The van der Waals surface area contributed by atoms with Crippen molar-refractivity contribution in [2.45, 2.75) is 37.6 Å². The van der Waals surface area contributed by atoms with Crippen molar-refractivity contribution in [3.63, 3.8) is 0 Å². The van der Waals surface area contributed by atoms with Crippen molar-refractivity contribution < 1.29 is 8.78 Å². The molecule has 0 amide bonds. The van der Waals surface area contributed by atoms with Crippen molar-refractivity contribution in [3.05, 3.63) is 35.4 Å². The monoisotopic (exact) mass is 211 g/mol. The van der Waals surface area contributed by atoms with Gasteiger partial charge in [-0.25, -0.2) is 8.78 Å². The van der Waals surface area contributed by atoms with Crippen LogP contribution in [-0.2, 0) is 5.54 Å². The standard InChI is InChI=1S/C12H15F2N/c1-8(2)9-3-5-10(6-4-9)11(15)7-12(11,13)14/h3-6,8H,7,15H2,1-2H3. The van der Waals surface area contributed by atoms with E-state index in [1.54, 1.807) is 12.1 Å². The summed E-state index contributed by atoms with van der Waals surface area (Å²) in [5.74, 6) is -2.32. The first-order valence-electron chi connectivity index (χ1n) is 5.14. The zero-order valence-electron chi connectivity index (χ0n) is 8.93. The van der Waals surface area contributed by atoms with Crippen LogP contribution >= 0.6 is 0 Å². The Morgan fingerprint density at radius 3 is 2.00 bits per heavy atom. The Balaban J connectivity index is 2.26. The molecule has 3 heteroatoms. The lowest BCUT2D eigenvalue weighted by Gasteiger charge is -2.12. The minimum Gasteiger partial charge on any atom is -0.316 e. The zero-order valence-corrected chi connectivity index (χ0v) is 8.93. The lowest BCUT2D eigenvalue weighted by Crippen LogP contribution is -2.27. The van der Waals surface area contributed by atoms with E-state index in [0.29, 0.717) is 11.5 Å². The largest absolute Gasteiger partial charge is 0.316 e. The van der Waals surface area contributed by atoms with Gasteiger partial charge < -0.3 is 5.73 Å². The van der Waals surface area contributed by atoms with Crippen LogP contribution < -0.4 is 5.73 Å². The Morgan fingerprint density at radius 2 is 1.67 bits per heavy atom. The number of benzene rings is 1. The number of rotatable bonds is 2. The molecule has 0 aliphatic heterocycles. The average Bonchev–Trinajstić information content (AvgIpc) is 2.67. The Bertz CT molecular complexity index is 370. The van der Waals surface area contributed by atoms with Gasteiger partial charge in [0.1, 0.15) is 5.54 Å². The summed E-state index contributed by atoms with van der Waals surface area (Å²) in [4.78, 5) is 0. The Kier molecular flexibility index (Phi) is 2.12. The van der Waals surface area contributed by atoms with Crippen LogP contribution in [0.5, 0.6) is 0 Å². The van der Waals surface area contributed by atoms with Crippen molar-refractivity contribution >= 4 is 0 Å². The molecule has 2 N–H and O–H groups in total. The zero-order chi connectivity index (χ0) is 11.3. The maximum atomic E-state index is 13.0. The van der Waals surface area contributed by atoms with Crippen LogP contribution in [0.1, 0.15) is 37.3 Å². The van der Waals surface area contributed by atoms with Crippen molar-refractivity contribution in [1.29, 1.82) is 0 Å². The van der Waals surface area contributed by atoms with Crippen LogP contribution in [0.4, 0.5) is 8.78 Å². The summed E-state index contributed by atoms with van der Waals surface area (Å²) < 4.78 is 26.0. The summed E-state index contributed by atoms with van der Waals surface area (Å²) in [5.41, 5.74) is 5.89. The van der Waals surface area contributed by atoms with E-state index in [1.807, 2.05) is 12.1 Å². The predicted octanol–water partition coefficient (Wildman–Crippen LogP) is 3.00. The summed E-state index contributed by atoms with van der Waals surface area (Å²) in [7, 11) is 0. The van der Waals surface area contributed by atoms with Gasteiger partial charge in [-0.3, -0.25) is 0 Å². The second-order valence-electron chi connectivity index (χ2n) is 4.63. The lowest BCUT2D eigenvalue weighted by molar-refractivity contribution is 0.0891. The Labute approximate surface area is 88.3 Å². The summed E-state index contributed by atoms with van der Waals surface area (Å²) in [6.45, 7) is 4.14. The third-order valence-electron chi connectivity index (χ3n) is 3.12. The quantitative estimate of drug-likeness (QED) is 0.799. The van der Waals surface area contributed by atoms with Crippen molar-refractivity contribution in [2.24, 2.45) is 5.73 Å². The number of hydrogen-bond acceptors (Lipinski definition) is 1. The minimum absolute atomic E-state index is 0.235. The molecule has 0 saturated heterocycles. The molecule has 1 saturated carbocycles. The molecule has 1 aliphatic rings. The number of hydrogen-bond donors (Lipinski definition) is 1. The molecular weight excluding hydrogens is 196 g/mol. The van der Waals surface area contributed by atoms with Gasteiger partial charge in [0.25, 0.3) is 5.92 Å². The first kappa shape index (κ1) is 10.6. The summed E-state index contributed by atoms with van der Waals surface area (Å²) >= 11 is 0. The fourth-order valence-corrected chi connectivity index (χ4v) is 1.78. The second kappa shape index (κ2) is 3.01. The van der Waals surface area contributed by atoms with Crippen LogP contribution in [0.25, 0.3) is 0 Å². The van der Waals surface area contributed by atoms with E-state index in [0.717, 1.165) is 5.56 Å². The molecule has 0 radical (unpaired) electrons. The van der Waals surface area contributed by atoms with E-state index in [1.165, 1.54) is 0 Å². The molecule has 1 nitrogen and oxygen atoms in total. The molecule has 1 aromatic carbocycles. The normalized spacial score (nSPS) is 28.1. The maximum Gasteiger partial charge on any atom is 0.272 e. The Morgan fingerprint density at radius 1 is 1.20 bits per heavy atom. The second-order valence-corrected chi connectivity index (χ2v) is 4.63. The SMILES string of the molecule is CC(C)c1ccc(C2(N)CC2(F)F)cc1. The summed E-state index contributed by atoms with van der Waals surface area (Å²) in [6.07, 6.45) is -0.235. The first-order valence-corrected chi connectivity index (χ1v) is 5.14. The molecule has 1 atom stereocenters. The fourth-order valence-electron chi connectivity index (χ4n) is 1.78. The number of alkyl halides is 2. The molecule has 0 aromatic heterocycles. The Hall–Kier alpha value is -0.960. The number of nitrogens with two attached hydrogens (primary N) is 1. The smallest absolute Gasteiger partial charge is 0.272 e. The molecule has 82 valence electrons. The van der Waals surface area contributed by atoms with Gasteiger partial charge in [-0.15, -0.1) is 0 Å². The van der Waals surface area contributed by atoms with E-state index < -0.39 is 11.5 Å². The van der Waals surface area contributed by atoms with Crippen molar-refractivity contribution in [2.75, 3.05) is 0 Å².